The van der Waals surface area contributed by atoms with E-state index in [9.17, 15) is 38.1 Å². The smallest absolute Gasteiger partial charge is 0.212 e. The standard InChI is InChI=1S/C12H19FN2O8S4/c1-24(16,17)14(25(2,18)19)9-12(10-6-5-7-11(13)8-10)15(26(3,20)21)27(4,22)23/h5-8,12H,9H2,1-4H3. The summed E-state index contributed by atoms with van der Waals surface area (Å²) < 4.78 is 109. The number of rotatable bonds is 8. The molecule has 1 unspecified atom stereocenters. The first-order valence-electron chi connectivity index (χ1n) is 6.98. The van der Waals surface area contributed by atoms with Gasteiger partial charge >= 0.3 is 0 Å². The molecule has 0 saturated carbocycles. The Morgan fingerprint density at radius 3 is 1.59 bits per heavy atom. The zero-order valence-corrected chi connectivity index (χ0v) is 18.0. The number of sulfonamides is 4. The lowest BCUT2D eigenvalue weighted by atomic mass is 10.1. The molecule has 0 bridgehead atoms. The van der Waals surface area contributed by atoms with Gasteiger partial charge in [0.15, 0.2) is 0 Å². The summed E-state index contributed by atoms with van der Waals surface area (Å²) >= 11 is 0. The van der Waals surface area contributed by atoms with Gasteiger partial charge in [0.05, 0.1) is 37.6 Å². The molecule has 0 aliphatic heterocycles. The van der Waals surface area contributed by atoms with Crippen LogP contribution in [0.4, 0.5) is 4.39 Å². The largest absolute Gasteiger partial charge is 0.224 e. The molecule has 0 aliphatic rings. The lowest BCUT2D eigenvalue weighted by Gasteiger charge is -2.31. The van der Waals surface area contributed by atoms with Crippen LogP contribution in [0.1, 0.15) is 11.6 Å². The van der Waals surface area contributed by atoms with Crippen molar-refractivity contribution in [3.05, 3.63) is 35.6 Å². The van der Waals surface area contributed by atoms with Crippen molar-refractivity contribution in [1.29, 1.82) is 0 Å². The summed E-state index contributed by atoms with van der Waals surface area (Å²) in [5, 5.41) is 0. The third-order valence-corrected chi connectivity index (χ3v) is 10.0. The molecular weight excluding hydrogens is 447 g/mol. The van der Waals surface area contributed by atoms with E-state index in [0.717, 1.165) is 24.3 Å². The van der Waals surface area contributed by atoms with Crippen LogP contribution in [0.3, 0.4) is 0 Å². The van der Waals surface area contributed by atoms with Crippen molar-refractivity contribution in [3.8, 4) is 0 Å². The predicted molar refractivity (Wildman–Crippen MR) is 97.1 cm³/mol. The number of halogens is 1. The molecule has 0 spiro atoms. The average molecular weight is 467 g/mol. The number of hydrogen-bond donors (Lipinski definition) is 0. The van der Waals surface area contributed by atoms with E-state index in [0.29, 0.717) is 25.0 Å². The maximum Gasteiger partial charge on any atom is 0.224 e. The minimum Gasteiger partial charge on any atom is -0.212 e. The van der Waals surface area contributed by atoms with E-state index in [1.807, 2.05) is 0 Å². The second-order valence-electron chi connectivity index (χ2n) is 5.80. The molecule has 0 aromatic heterocycles. The van der Waals surface area contributed by atoms with Crippen molar-refractivity contribution in [2.75, 3.05) is 31.6 Å². The third-order valence-electron chi connectivity index (χ3n) is 3.20. The SMILES string of the molecule is CS(=O)(=O)N(CC(c1cccc(F)c1)N(S(C)(=O)=O)S(C)(=O)=O)S(C)(=O)=O. The van der Waals surface area contributed by atoms with E-state index in [2.05, 4.69) is 0 Å². The fourth-order valence-electron chi connectivity index (χ4n) is 2.37. The van der Waals surface area contributed by atoms with Crippen molar-refractivity contribution < 1.29 is 38.1 Å². The van der Waals surface area contributed by atoms with Crippen LogP contribution in [-0.4, -0.2) is 72.7 Å². The summed E-state index contributed by atoms with van der Waals surface area (Å²) in [6.45, 7) is -1.10. The summed E-state index contributed by atoms with van der Waals surface area (Å²) in [5.74, 6) is -0.857. The molecule has 0 saturated heterocycles. The summed E-state index contributed by atoms with van der Waals surface area (Å²) in [6, 6.07) is 2.23. The normalized spacial score (nSPS) is 15.2. The van der Waals surface area contributed by atoms with Crippen molar-refractivity contribution >= 4 is 40.1 Å². The van der Waals surface area contributed by atoms with Crippen LogP contribution in [0.5, 0.6) is 0 Å². The van der Waals surface area contributed by atoms with E-state index >= 15 is 0 Å². The first-order valence-corrected chi connectivity index (χ1v) is 14.4. The molecule has 1 aromatic rings. The minimum atomic E-state index is -4.51. The van der Waals surface area contributed by atoms with Gasteiger partial charge < -0.3 is 0 Å². The first-order chi connectivity index (χ1) is 11.8. The van der Waals surface area contributed by atoms with Crippen LogP contribution in [-0.2, 0) is 40.1 Å². The predicted octanol–water partition coefficient (Wildman–Crippen LogP) is -0.691. The Labute approximate surface area is 158 Å². The number of nitrogens with zero attached hydrogens (tertiary/aromatic N) is 2. The van der Waals surface area contributed by atoms with Crippen LogP contribution >= 0.6 is 0 Å². The topological polar surface area (TPSA) is 143 Å². The Morgan fingerprint density at radius 1 is 0.815 bits per heavy atom. The lowest BCUT2D eigenvalue weighted by Crippen LogP contribution is -2.46. The van der Waals surface area contributed by atoms with E-state index in [1.165, 1.54) is 0 Å². The van der Waals surface area contributed by atoms with Crippen LogP contribution in [0.15, 0.2) is 24.3 Å². The zero-order chi connectivity index (χ0) is 21.4. The van der Waals surface area contributed by atoms with Gasteiger partial charge in [0.25, 0.3) is 0 Å². The highest BCUT2D eigenvalue weighted by Gasteiger charge is 2.40. The van der Waals surface area contributed by atoms with Gasteiger partial charge in [0.1, 0.15) is 5.82 Å². The Kier molecular flexibility index (Phi) is 6.83. The second kappa shape index (κ2) is 7.71. The molecule has 15 heteroatoms. The van der Waals surface area contributed by atoms with Gasteiger partial charge in [0, 0.05) is 0 Å². The molecule has 0 amide bonds. The van der Waals surface area contributed by atoms with E-state index in [1.54, 1.807) is 0 Å². The highest BCUT2D eigenvalue weighted by Crippen LogP contribution is 2.29. The molecule has 156 valence electrons. The summed E-state index contributed by atoms with van der Waals surface area (Å²) in [4.78, 5) is 0. The van der Waals surface area contributed by atoms with Crippen LogP contribution in [0.25, 0.3) is 0 Å². The Morgan fingerprint density at radius 2 is 1.26 bits per heavy atom. The zero-order valence-electron chi connectivity index (χ0n) is 14.8. The second-order valence-corrected chi connectivity index (χ2v) is 13.8. The average Bonchev–Trinajstić information content (AvgIpc) is 2.37. The molecule has 27 heavy (non-hydrogen) atoms. The lowest BCUT2D eigenvalue weighted by molar-refractivity contribution is 0.387. The summed E-state index contributed by atoms with van der Waals surface area (Å²) in [6.07, 6.45) is 2.21. The molecule has 0 radical (unpaired) electrons. The number of hydrogen-bond acceptors (Lipinski definition) is 8. The fourth-order valence-corrected chi connectivity index (χ4v) is 8.43. The van der Waals surface area contributed by atoms with Crippen molar-refractivity contribution in [1.82, 2.24) is 7.42 Å². The quantitative estimate of drug-likeness (QED) is 0.490. The molecule has 1 atom stereocenters. The van der Waals surface area contributed by atoms with Gasteiger partial charge in [-0.05, 0) is 17.7 Å². The number of benzene rings is 1. The molecule has 0 heterocycles. The maximum atomic E-state index is 13.6. The van der Waals surface area contributed by atoms with Gasteiger partial charge in [-0.2, -0.15) is 0 Å². The molecule has 0 N–H and O–H groups in total. The summed E-state index contributed by atoms with van der Waals surface area (Å²) in [5.41, 5.74) is -0.247. The Balaban J connectivity index is 3.80. The molecule has 0 aliphatic carbocycles. The van der Waals surface area contributed by atoms with Crippen molar-refractivity contribution in [2.45, 2.75) is 6.04 Å². The van der Waals surface area contributed by atoms with E-state index in [4.69, 9.17) is 0 Å². The minimum absolute atomic E-state index is 0.0427. The van der Waals surface area contributed by atoms with Crippen molar-refractivity contribution in [2.24, 2.45) is 0 Å². The molecule has 0 fully saturated rings. The van der Waals surface area contributed by atoms with Gasteiger partial charge in [-0.1, -0.05) is 19.6 Å². The first kappa shape index (κ1) is 23.9. The Bertz CT molecular complexity index is 1060. The van der Waals surface area contributed by atoms with Gasteiger partial charge in [-0.25, -0.2) is 38.1 Å². The van der Waals surface area contributed by atoms with Gasteiger partial charge in [0.2, 0.25) is 40.1 Å². The van der Waals surface area contributed by atoms with Crippen molar-refractivity contribution in [3.63, 3.8) is 0 Å². The molecular formula is C12H19FN2O8S4. The van der Waals surface area contributed by atoms with Crippen LogP contribution < -0.4 is 0 Å². The molecule has 1 aromatic carbocycles. The van der Waals surface area contributed by atoms with Gasteiger partial charge in [-0.3, -0.25) is 0 Å². The maximum absolute atomic E-state index is 13.6. The van der Waals surface area contributed by atoms with E-state index in [-0.39, 0.29) is 13.0 Å². The highest BCUT2D eigenvalue weighted by atomic mass is 32.3. The summed E-state index contributed by atoms with van der Waals surface area (Å²) in [7, 11) is -17.9. The third kappa shape index (κ3) is 6.46. The monoisotopic (exact) mass is 466 g/mol. The highest BCUT2D eigenvalue weighted by molar-refractivity contribution is 8.04. The molecule has 10 nitrogen and oxygen atoms in total. The van der Waals surface area contributed by atoms with E-state index < -0.39 is 58.5 Å². The molecule has 1 rings (SSSR count). The van der Waals surface area contributed by atoms with Gasteiger partial charge in [-0.15, -0.1) is 0 Å². The van der Waals surface area contributed by atoms with Crippen LogP contribution in [0.2, 0.25) is 0 Å². The Hall–Kier alpha value is -1.13. The fraction of sp³-hybridized carbons (Fsp3) is 0.500. The van der Waals surface area contributed by atoms with Crippen LogP contribution in [0, 0.1) is 5.82 Å².